The molecule has 1 saturated carbocycles. The molecule has 1 aliphatic carbocycles. The Morgan fingerprint density at radius 3 is 2.43 bits per heavy atom. The topological polar surface area (TPSA) is 167 Å². The summed E-state index contributed by atoms with van der Waals surface area (Å²) in [4.78, 5) is 60.0. The van der Waals surface area contributed by atoms with Gasteiger partial charge in [-0.15, -0.1) is 0 Å². The molecule has 1 spiro atoms. The number of ether oxygens (including phenoxy) is 1. The molecular formula is C32H44N4O8. The fourth-order valence-corrected chi connectivity index (χ4v) is 6.82. The van der Waals surface area contributed by atoms with Crippen LogP contribution in [-0.4, -0.2) is 86.2 Å². The maximum absolute atomic E-state index is 14.2. The van der Waals surface area contributed by atoms with Gasteiger partial charge in [0.05, 0.1) is 12.6 Å². The zero-order valence-electron chi connectivity index (χ0n) is 25.7. The molecule has 0 bridgehead atoms. The van der Waals surface area contributed by atoms with Crippen molar-refractivity contribution in [3.63, 3.8) is 0 Å². The Morgan fingerprint density at radius 1 is 1.07 bits per heavy atom. The molecule has 4 aliphatic rings. The standard InChI is InChI=1S/C32H44N4O8/c1-30(2,3)43-29(42)33-22-15-11-6-4-5-10-14-21-16-32(21,28(40)41)34-26(38)24-18-31(19-36(24)27(22)39)17-23(35-44-31)25(37)20-12-8-7-9-13-20/h7-9,12-13,21-22,24,26,34,38H,4-6,10-11,14-19H2,1-3H3,(H,33,42)(H,40,41). The van der Waals surface area contributed by atoms with E-state index >= 15 is 0 Å². The highest BCUT2D eigenvalue weighted by atomic mass is 16.7. The number of nitrogens with zero attached hydrogens (tertiary/aromatic N) is 2. The van der Waals surface area contributed by atoms with Crippen molar-refractivity contribution in [2.24, 2.45) is 11.1 Å². The van der Waals surface area contributed by atoms with E-state index in [-0.39, 0.29) is 36.8 Å². The molecule has 12 heteroatoms. The normalized spacial score (nSPS) is 32.8. The highest BCUT2D eigenvalue weighted by Crippen LogP contribution is 2.48. The third kappa shape index (κ3) is 6.91. The van der Waals surface area contributed by atoms with Gasteiger partial charge in [-0.2, -0.15) is 0 Å². The fourth-order valence-electron chi connectivity index (χ4n) is 6.82. The number of rotatable bonds is 4. The van der Waals surface area contributed by atoms with Gasteiger partial charge in [-0.1, -0.05) is 67.6 Å². The number of ketones is 1. The molecule has 4 N–H and O–H groups in total. The molecule has 1 aromatic rings. The van der Waals surface area contributed by atoms with Crippen LogP contribution in [0.5, 0.6) is 0 Å². The van der Waals surface area contributed by atoms with E-state index in [2.05, 4.69) is 15.8 Å². The van der Waals surface area contributed by atoms with Gasteiger partial charge in [-0.25, -0.2) is 4.79 Å². The quantitative estimate of drug-likeness (QED) is 0.373. The first-order valence-electron chi connectivity index (χ1n) is 15.7. The highest BCUT2D eigenvalue weighted by Gasteiger charge is 2.63. The third-order valence-corrected chi connectivity index (χ3v) is 9.15. The number of aliphatic hydroxyl groups is 1. The van der Waals surface area contributed by atoms with E-state index in [1.807, 2.05) is 6.07 Å². The van der Waals surface area contributed by atoms with Gasteiger partial charge in [0, 0.05) is 18.4 Å². The number of nitrogens with one attached hydrogen (secondary N) is 2. The number of Topliss-reactive ketones (excluding diaryl/α,β-unsaturated/α-hetero) is 1. The molecule has 44 heavy (non-hydrogen) atoms. The molecule has 3 heterocycles. The van der Waals surface area contributed by atoms with Crippen LogP contribution in [0.25, 0.3) is 0 Å². The average Bonchev–Trinajstić information content (AvgIpc) is 3.31. The number of hydrogen-bond donors (Lipinski definition) is 4. The highest BCUT2D eigenvalue weighted by molar-refractivity contribution is 6.46. The van der Waals surface area contributed by atoms with Gasteiger partial charge < -0.3 is 30.0 Å². The van der Waals surface area contributed by atoms with Crippen molar-refractivity contribution in [2.45, 2.75) is 120 Å². The number of benzene rings is 1. The molecule has 2 saturated heterocycles. The van der Waals surface area contributed by atoms with Crippen molar-refractivity contribution in [3.05, 3.63) is 35.9 Å². The summed E-state index contributed by atoms with van der Waals surface area (Å²) in [6, 6.07) is 6.88. The third-order valence-electron chi connectivity index (χ3n) is 9.15. The van der Waals surface area contributed by atoms with Crippen LogP contribution in [-0.2, 0) is 19.2 Å². The second-order valence-corrected chi connectivity index (χ2v) is 13.7. The molecule has 12 nitrogen and oxygen atoms in total. The summed E-state index contributed by atoms with van der Waals surface area (Å²) in [5.74, 6) is -1.87. The minimum atomic E-state index is -1.40. The summed E-state index contributed by atoms with van der Waals surface area (Å²) in [6.45, 7) is 5.22. The number of fused-ring (bicyclic) bond motifs is 2. The zero-order chi connectivity index (χ0) is 31.7. The maximum Gasteiger partial charge on any atom is 0.408 e. The van der Waals surface area contributed by atoms with Crippen LogP contribution in [0.1, 0.15) is 95.3 Å². The number of aliphatic hydroxyl groups excluding tert-OH is 1. The van der Waals surface area contributed by atoms with Crippen molar-refractivity contribution in [1.29, 1.82) is 0 Å². The first-order valence-corrected chi connectivity index (χ1v) is 15.7. The summed E-state index contributed by atoms with van der Waals surface area (Å²) in [5.41, 5.74) is -2.47. The first kappa shape index (κ1) is 31.9. The van der Waals surface area contributed by atoms with Gasteiger partial charge in [0.2, 0.25) is 11.7 Å². The number of oxime groups is 1. The number of aliphatic carboxylic acids is 1. The lowest BCUT2D eigenvalue weighted by Crippen LogP contribution is -2.58. The fraction of sp³-hybridized carbons (Fsp3) is 0.656. The van der Waals surface area contributed by atoms with Crippen molar-refractivity contribution in [1.82, 2.24) is 15.5 Å². The van der Waals surface area contributed by atoms with Gasteiger partial charge >= 0.3 is 12.1 Å². The van der Waals surface area contributed by atoms with E-state index in [0.29, 0.717) is 24.8 Å². The lowest BCUT2D eigenvalue weighted by molar-refractivity contribution is -0.144. The smallest absolute Gasteiger partial charge is 0.408 e. The van der Waals surface area contributed by atoms with Crippen molar-refractivity contribution in [3.8, 4) is 0 Å². The van der Waals surface area contributed by atoms with E-state index in [1.165, 1.54) is 4.90 Å². The van der Waals surface area contributed by atoms with Gasteiger partial charge in [-0.3, -0.25) is 19.7 Å². The van der Waals surface area contributed by atoms with Crippen LogP contribution >= 0.6 is 0 Å². The van der Waals surface area contributed by atoms with Crippen molar-refractivity contribution < 1.29 is 39.0 Å². The molecule has 0 radical (unpaired) electrons. The van der Waals surface area contributed by atoms with Crippen LogP contribution in [0.3, 0.4) is 0 Å². The van der Waals surface area contributed by atoms with E-state index < -0.39 is 53.0 Å². The monoisotopic (exact) mass is 612 g/mol. The van der Waals surface area contributed by atoms with Gasteiger partial charge in [0.1, 0.15) is 29.1 Å². The maximum atomic E-state index is 14.2. The lowest BCUT2D eigenvalue weighted by atomic mass is 9.91. The summed E-state index contributed by atoms with van der Waals surface area (Å²) >= 11 is 0. The van der Waals surface area contributed by atoms with Gasteiger partial charge in [0.15, 0.2) is 5.60 Å². The predicted octanol–water partition coefficient (Wildman–Crippen LogP) is 3.37. The largest absolute Gasteiger partial charge is 0.480 e. The second kappa shape index (κ2) is 12.5. The lowest BCUT2D eigenvalue weighted by Gasteiger charge is -2.33. The molecule has 2 amide bonds. The van der Waals surface area contributed by atoms with E-state index in [1.54, 1.807) is 45.0 Å². The van der Waals surface area contributed by atoms with E-state index in [4.69, 9.17) is 9.57 Å². The Morgan fingerprint density at radius 2 is 1.75 bits per heavy atom. The van der Waals surface area contributed by atoms with E-state index in [9.17, 15) is 29.4 Å². The second-order valence-electron chi connectivity index (χ2n) is 13.7. The van der Waals surface area contributed by atoms with Crippen LogP contribution in [0, 0.1) is 5.92 Å². The number of carbonyl (C=O) groups excluding carboxylic acids is 3. The molecule has 0 aromatic heterocycles. The Kier molecular flexibility index (Phi) is 9.04. The number of hydrogen-bond acceptors (Lipinski definition) is 9. The summed E-state index contributed by atoms with van der Waals surface area (Å²) < 4.78 is 5.45. The summed E-state index contributed by atoms with van der Waals surface area (Å²) in [6.07, 6.45) is 3.87. The summed E-state index contributed by atoms with van der Waals surface area (Å²) in [5, 5.41) is 31.5. The molecule has 3 fully saturated rings. The number of alkyl carbamates (subject to hydrolysis) is 1. The Hall–Kier alpha value is -3.51. The molecule has 1 aromatic carbocycles. The molecule has 240 valence electrons. The Bertz CT molecular complexity index is 1300. The number of carboxylic acid groups (broad SMARTS) is 1. The Balaban J connectivity index is 1.42. The average molecular weight is 613 g/mol. The molecule has 5 rings (SSSR count). The van der Waals surface area contributed by atoms with Gasteiger partial charge in [-0.05, 0) is 46.0 Å². The predicted molar refractivity (Wildman–Crippen MR) is 160 cm³/mol. The molecule has 6 atom stereocenters. The molecule has 6 unspecified atom stereocenters. The summed E-state index contributed by atoms with van der Waals surface area (Å²) in [7, 11) is 0. The number of amides is 2. The minimum absolute atomic E-state index is 0.000306. The SMILES string of the molecule is CC(C)(C)OC(=O)NC1CCCCCCCC2CC2(C(=O)O)NC(O)C2CC3(CC(C(=O)c4ccccc4)=NO3)CN2C1=O. The molecule has 3 aliphatic heterocycles. The van der Waals surface area contributed by atoms with E-state index in [0.717, 1.165) is 32.1 Å². The van der Waals surface area contributed by atoms with Crippen LogP contribution in [0.2, 0.25) is 0 Å². The number of carbonyl (C=O) groups is 4. The van der Waals surface area contributed by atoms with Crippen molar-refractivity contribution in [2.75, 3.05) is 6.54 Å². The van der Waals surface area contributed by atoms with Gasteiger partial charge in [0.25, 0.3) is 0 Å². The van der Waals surface area contributed by atoms with Crippen molar-refractivity contribution >= 4 is 29.5 Å². The van der Waals surface area contributed by atoms with Crippen LogP contribution in [0.15, 0.2) is 35.5 Å². The number of carboxylic acids is 1. The van der Waals surface area contributed by atoms with Crippen LogP contribution in [0.4, 0.5) is 4.79 Å². The van der Waals surface area contributed by atoms with Crippen LogP contribution < -0.4 is 10.6 Å². The molecular weight excluding hydrogens is 568 g/mol. The first-order chi connectivity index (χ1) is 20.8. The Labute approximate surface area is 257 Å². The zero-order valence-corrected chi connectivity index (χ0v) is 25.7. The minimum Gasteiger partial charge on any atom is -0.480 e.